The van der Waals surface area contributed by atoms with Crippen LogP contribution in [0.15, 0.2) is 6.20 Å². The van der Waals surface area contributed by atoms with Gasteiger partial charge in [-0.05, 0) is 44.4 Å². The van der Waals surface area contributed by atoms with E-state index >= 15 is 0 Å². The van der Waals surface area contributed by atoms with Crippen LogP contribution in [0.3, 0.4) is 0 Å². The van der Waals surface area contributed by atoms with Crippen LogP contribution in [0.25, 0.3) is 0 Å². The number of anilines is 2. The molecule has 3 aliphatic rings. The molecule has 0 radical (unpaired) electrons. The van der Waals surface area contributed by atoms with Crippen LogP contribution in [-0.2, 0) is 9.59 Å². The van der Waals surface area contributed by atoms with E-state index in [9.17, 15) is 14.7 Å². The van der Waals surface area contributed by atoms with Crippen LogP contribution in [0, 0.1) is 18.3 Å². The number of aromatic nitrogens is 2. The molecule has 3 fully saturated rings. The Balaban J connectivity index is 1.46. The number of hydrogen-bond donors (Lipinski definition) is 2. The Morgan fingerprint density at radius 1 is 1.31 bits per heavy atom. The predicted molar refractivity (Wildman–Crippen MR) is 95.5 cm³/mol. The average Bonchev–Trinajstić information content (AvgIpc) is 3.40. The summed E-state index contributed by atoms with van der Waals surface area (Å²) in [4.78, 5) is 36.7. The van der Waals surface area contributed by atoms with E-state index < -0.39 is 12.0 Å². The summed E-state index contributed by atoms with van der Waals surface area (Å²) in [6.45, 7) is 3.94. The SMILES string of the molecule is Cc1cnc(N2CCC3(CC2)C[C@@H](C(=O)O)N(C(=O)C2CC2)C3)nc1N. The number of carboxylic acids is 1. The largest absolute Gasteiger partial charge is 0.480 e. The van der Waals surface area contributed by atoms with Crippen LogP contribution >= 0.6 is 0 Å². The Kier molecular flexibility index (Phi) is 4.00. The zero-order valence-corrected chi connectivity index (χ0v) is 15.0. The molecule has 1 atom stereocenters. The molecule has 1 saturated carbocycles. The fraction of sp³-hybridized carbons (Fsp3) is 0.667. The van der Waals surface area contributed by atoms with Crippen molar-refractivity contribution in [1.29, 1.82) is 0 Å². The van der Waals surface area contributed by atoms with Gasteiger partial charge < -0.3 is 20.6 Å². The second-order valence-electron chi connectivity index (χ2n) is 8.02. The summed E-state index contributed by atoms with van der Waals surface area (Å²) in [5.74, 6) is 0.320. The molecule has 1 aliphatic carbocycles. The highest BCUT2D eigenvalue weighted by atomic mass is 16.4. The number of aryl methyl sites for hydroxylation is 1. The molecular formula is C18H25N5O3. The van der Waals surface area contributed by atoms with E-state index in [1.807, 2.05) is 6.92 Å². The molecule has 2 aliphatic heterocycles. The lowest BCUT2D eigenvalue weighted by atomic mass is 9.76. The zero-order chi connectivity index (χ0) is 18.5. The monoisotopic (exact) mass is 359 g/mol. The highest BCUT2D eigenvalue weighted by Crippen LogP contribution is 2.45. The molecule has 4 rings (SSSR count). The molecule has 1 amide bonds. The van der Waals surface area contributed by atoms with Crippen molar-refractivity contribution in [2.75, 3.05) is 30.3 Å². The summed E-state index contributed by atoms with van der Waals surface area (Å²) >= 11 is 0. The molecule has 1 aromatic rings. The second kappa shape index (κ2) is 6.10. The maximum Gasteiger partial charge on any atom is 0.326 e. The topological polar surface area (TPSA) is 113 Å². The summed E-state index contributed by atoms with van der Waals surface area (Å²) < 4.78 is 0. The second-order valence-corrected chi connectivity index (χ2v) is 8.02. The Labute approximate surface area is 152 Å². The van der Waals surface area contributed by atoms with Crippen molar-refractivity contribution in [2.45, 2.75) is 45.1 Å². The van der Waals surface area contributed by atoms with Gasteiger partial charge in [0.1, 0.15) is 11.9 Å². The number of likely N-dealkylation sites (tertiary alicyclic amines) is 1. The third kappa shape index (κ3) is 2.97. The molecule has 1 spiro atoms. The molecule has 3 N–H and O–H groups in total. The number of carbonyl (C=O) groups is 2. The number of carboxylic acid groups (broad SMARTS) is 1. The van der Waals surface area contributed by atoms with Crippen molar-refractivity contribution in [3.63, 3.8) is 0 Å². The van der Waals surface area contributed by atoms with E-state index in [-0.39, 0.29) is 17.2 Å². The molecule has 3 heterocycles. The molecule has 0 bridgehead atoms. The van der Waals surface area contributed by atoms with Crippen LogP contribution in [0.1, 0.15) is 37.7 Å². The predicted octanol–water partition coefficient (Wildman–Crippen LogP) is 1.05. The number of amides is 1. The fourth-order valence-electron chi connectivity index (χ4n) is 4.21. The lowest BCUT2D eigenvalue weighted by molar-refractivity contribution is -0.148. The molecule has 26 heavy (non-hydrogen) atoms. The first-order valence-electron chi connectivity index (χ1n) is 9.26. The summed E-state index contributed by atoms with van der Waals surface area (Å²) in [5, 5.41) is 9.60. The summed E-state index contributed by atoms with van der Waals surface area (Å²) in [5.41, 5.74) is 6.64. The third-order valence-corrected chi connectivity index (χ3v) is 6.11. The van der Waals surface area contributed by atoms with Gasteiger partial charge >= 0.3 is 5.97 Å². The van der Waals surface area contributed by atoms with Crippen LogP contribution in [0.5, 0.6) is 0 Å². The Morgan fingerprint density at radius 3 is 2.58 bits per heavy atom. The highest BCUT2D eigenvalue weighted by molar-refractivity contribution is 5.87. The summed E-state index contributed by atoms with van der Waals surface area (Å²) in [6, 6.07) is -0.680. The molecule has 0 unspecified atom stereocenters. The van der Waals surface area contributed by atoms with E-state index in [2.05, 4.69) is 14.9 Å². The lowest BCUT2D eigenvalue weighted by Gasteiger charge is -2.39. The van der Waals surface area contributed by atoms with Crippen molar-refractivity contribution in [1.82, 2.24) is 14.9 Å². The van der Waals surface area contributed by atoms with Gasteiger partial charge in [-0.15, -0.1) is 0 Å². The summed E-state index contributed by atoms with van der Waals surface area (Å²) in [6.07, 6.45) is 5.74. The van der Waals surface area contributed by atoms with Gasteiger partial charge in [0.25, 0.3) is 0 Å². The first-order chi connectivity index (χ1) is 12.4. The van der Waals surface area contributed by atoms with Gasteiger partial charge in [0.15, 0.2) is 0 Å². The zero-order valence-electron chi connectivity index (χ0n) is 15.0. The maximum absolute atomic E-state index is 12.5. The first-order valence-corrected chi connectivity index (χ1v) is 9.26. The van der Waals surface area contributed by atoms with E-state index in [4.69, 9.17) is 5.73 Å². The van der Waals surface area contributed by atoms with Gasteiger partial charge in [-0.1, -0.05) is 0 Å². The van der Waals surface area contributed by atoms with Gasteiger partial charge in [0.2, 0.25) is 11.9 Å². The van der Waals surface area contributed by atoms with Crippen LogP contribution in [-0.4, -0.2) is 57.5 Å². The number of nitrogens with zero attached hydrogens (tertiary/aromatic N) is 4. The molecule has 2 saturated heterocycles. The number of nitrogens with two attached hydrogens (primary N) is 1. The number of carbonyl (C=O) groups excluding carboxylic acids is 1. The first kappa shape index (κ1) is 17.1. The smallest absolute Gasteiger partial charge is 0.326 e. The van der Waals surface area contributed by atoms with Crippen LogP contribution in [0.2, 0.25) is 0 Å². The lowest BCUT2D eigenvalue weighted by Crippen LogP contribution is -2.44. The van der Waals surface area contributed by atoms with E-state index in [0.717, 1.165) is 44.3 Å². The van der Waals surface area contributed by atoms with E-state index in [1.165, 1.54) is 0 Å². The van der Waals surface area contributed by atoms with Crippen molar-refractivity contribution in [3.8, 4) is 0 Å². The number of aliphatic carboxylic acids is 1. The Hall–Kier alpha value is -2.38. The van der Waals surface area contributed by atoms with Crippen molar-refractivity contribution in [2.24, 2.45) is 11.3 Å². The third-order valence-electron chi connectivity index (χ3n) is 6.11. The molecular weight excluding hydrogens is 334 g/mol. The Bertz CT molecular complexity index is 740. The summed E-state index contributed by atoms with van der Waals surface area (Å²) in [7, 11) is 0. The highest BCUT2D eigenvalue weighted by Gasteiger charge is 2.51. The number of hydrogen-bond acceptors (Lipinski definition) is 6. The normalized spacial score (nSPS) is 24.9. The maximum atomic E-state index is 12.5. The van der Waals surface area contributed by atoms with Gasteiger partial charge in [-0.3, -0.25) is 4.79 Å². The van der Waals surface area contributed by atoms with Crippen molar-refractivity contribution >= 4 is 23.6 Å². The van der Waals surface area contributed by atoms with E-state index in [0.29, 0.717) is 24.7 Å². The minimum atomic E-state index is -0.882. The number of nitrogen functional groups attached to an aromatic ring is 1. The van der Waals surface area contributed by atoms with Crippen LogP contribution in [0.4, 0.5) is 11.8 Å². The van der Waals surface area contributed by atoms with Crippen molar-refractivity contribution in [3.05, 3.63) is 11.8 Å². The van der Waals surface area contributed by atoms with Gasteiger partial charge in [0, 0.05) is 37.3 Å². The standard InChI is InChI=1S/C18H25N5O3/c1-11-9-20-17(21-14(11)19)22-6-4-18(5-7-22)8-13(16(25)26)23(10-18)15(24)12-2-3-12/h9,12-13H,2-8,10H2,1H3,(H,25,26)(H2,19,20,21)/t13-/m0/s1. The molecule has 140 valence electrons. The minimum Gasteiger partial charge on any atom is -0.480 e. The quantitative estimate of drug-likeness (QED) is 0.829. The van der Waals surface area contributed by atoms with E-state index in [1.54, 1.807) is 11.1 Å². The van der Waals surface area contributed by atoms with Gasteiger partial charge in [0.05, 0.1) is 0 Å². The molecule has 8 heteroatoms. The minimum absolute atomic E-state index is 0.0337. The van der Waals surface area contributed by atoms with Crippen LogP contribution < -0.4 is 10.6 Å². The number of piperidine rings is 1. The van der Waals surface area contributed by atoms with Gasteiger partial charge in [-0.25, -0.2) is 9.78 Å². The molecule has 8 nitrogen and oxygen atoms in total. The average molecular weight is 359 g/mol. The van der Waals surface area contributed by atoms with Gasteiger partial charge in [-0.2, -0.15) is 4.98 Å². The molecule has 0 aromatic carbocycles. The number of rotatable bonds is 3. The molecule has 1 aromatic heterocycles. The van der Waals surface area contributed by atoms with Crippen molar-refractivity contribution < 1.29 is 14.7 Å². The fourth-order valence-corrected chi connectivity index (χ4v) is 4.21. The Morgan fingerprint density at radius 2 is 2.00 bits per heavy atom.